The summed E-state index contributed by atoms with van der Waals surface area (Å²) in [6, 6.07) is 8.52. The van der Waals surface area contributed by atoms with E-state index in [-0.39, 0.29) is 0 Å². The number of hydrogen-bond acceptors (Lipinski definition) is 3. The van der Waals surface area contributed by atoms with Crippen LogP contribution in [-0.2, 0) is 6.54 Å². The molecule has 3 heteroatoms. The summed E-state index contributed by atoms with van der Waals surface area (Å²) >= 11 is 0. The zero-order valence-electron chi connectivity index (χ0n) is 12.5. The second-order valence-electron chi connectivity index (χ2n) is 6.33. The summed E-state index contributed by atoms with van der Waals surface area (Å²) in [6.07, 6.45) is 6.75. The lowest BCUT2D eigenvalue weighted by Crippen LogP contribution is -2.49. The highest BCUT2D eigenvalue weighted by molar-refractivity contribution is 5.27. The van der Waals surface area contributed by atoms with Crippen molar-refractivity contribution in [2.45, 2.75) is 44.2 Å². The molecule has 110 valence electrons. The van der Waals surface area contributed by atoms with Crippen LogP contribution in [-0.4, -0.2) is 37.2 Å². The molecule has 0 amide bonds. The number of nitrogens with zero attached hydrogens (tertiary/aromatic N) is 1. The first-order valence-corrected chi connectivity index (χ1v) is 7.90. The Bertz CT molecular complexity index is 423. The summed E-state index contributed by atoms with van der Waals surface area (Å²) in [5.41, 5.74) is 1.80. The van der Waals surface area contributed by atoms with Crippen molar-refractivity contribution in [3.63, 3.8) is 0 Å². The third-order valence-corrected chi connectivity index (χ3v) is 4.80. The van der Waals surface area contributed by atoms with Gasteiger partial charge in [0.05, 0.1) is 7.11 Å². The van der Waals surface area contributed by atoms with Crippen molar-refractivity contribution in [2.75, 3.05) is 26.7 Å². The molecule has 1 aromatic carbocycles. The summed E-state index contributed by atoms with van der Waals surface area (Å²) in [6.45, 7) is 4.66. The normalized spacial score (nSPS) is 22.9. The van der Waals surface area contributed by atoms with Crippen molar-refractivity contribution in [2.24, 2.45) is 0 Å². The molecule has 3 rings (SSSR count). The zero-order chi connectivity index (χ0) is 13.8. The van der Waals surface area contributed by atoms with E-state index in [0.717, 1.165) is 12.3 Å². The first kappa shape index (κ1) is 13.9. The summed E-state index contributed by atoms with van der Waals surface area (Å²) in [5.74, 6) is 0.943. The summed E-state index contributed by atoms with van der Waals surface area (Å²) < 4.78 is 5.23. The lowest BCUT2D eigenvalue weighted by Gasteiger charge is -2.33. The Morgan fingerprint density at radius 1 is 1.15 bits per heavy atom. The topological polar surface area (TPSA) is 24.5 Å². The van der Waals surface area contributed by atoms with Gasteiger partial charge < -0.3 is 10.1 Å². The second-order valence-corrected chi connectivity index (χ2v) is 6.33. The first-order chi connectivity index (χ1) is 9.80. The van der Waals surface area contributed by atoms with Gasteiger partial charge in [0.2, 0.25) is 0 Å². The summed E-state index contributed by atoms with van der Waals surface area (Å²) in [5, 5.41) is 3.83. The Balaban J connectivity index is 1.65. The molecule has 0 atom stereocenters. The van der Waals surface area contributed by atoms with Crippen LogP contribution in [0.4, 0.5) is 0 Å². The van der Waals surface area contributed by atoms with Crippen LogP contribution in [0, 0.1) is 0 Å². The van der Waals surface area contributed by atoms with E-state index < -0.39 is 0 Å². The number of benzene rings is 1. The molecular formula is C17H26N2O. The van der Waals surface area contributed by atoms with Gasteiger partial charge in [0.25, 0.3) is 0 Å². The molecule has 2 fully saturated rings. The van der Waals surface area contributed by atoms with E-state index in [1.807, 2.05) is 0 Å². The Labute approximate surface area is 122 Å². The first-order valence-electron chi connectivity index (χ1n) is 7.90. The van der Waals surface area contributed by atoms with Gasteiger partial charge in [0.1, 0.15) is 5.75 Å². The van der Waals surface area contributed by atoms with Gasteiger partial charge >= 0.3 is 0 Å². The molecule has 1 aliphatic heterocycles. The van der Waals surface area contributed by atoms with E-state index in [0.29, 0.717) is 5.54 Å². The van der Waals surface area contributed by atoms with Crippen LogP contribution in [0.3, 0.4) is 0 Å². The monoisotopic (exact) mass is 274 g/mol. The number of rotatable bonds is 3. The lowest BCUT2D eigenvalue weighted by molar-refractivity contribution is 0.203. The molecule has 0 bridgehead atoms. The SMILES string of the molecule is COc1ccc(CN2CCCNC3(CCCC3)C2)cc1. The minimum atomic E-state index is 0.406. The third-order valence-electron chi connectivity index (χ3n) is 4.80. The fourth-order valence-corrected chi connectivity index (χ4v) is 3.73. The Hall–Kier alpha value is -1.06. The maximum Gasteiger partial charge on any atom is 0.118 e. The fraction of sp³-hybridized carbons (Fsp3) is 0.647. The zero-order valence-corrected chi connectivity index (χ0v) is 12.5. The highest BCUT2D eigenvalue weighted by Gasteiger charge is 2.36. The van der Waals surface area contributed by atoms with E-state index in [1.54, 1.807) is 7.11 Å². The van der Waals surface area contributed by atoms with Gasteiger partial charge in [0.15, 0.2) is 0 Å². The van der Waals surface area contributed by atoms with Crippen molar-refractivity contribution in [3.8, 4) is 5.75 Å². The smallest absolute Gasteiger partial charge is 0.118 e. The van der Waals surface area contributed by atoms with Crippen LogP contribution >= 0.6 is 0 Å². The minimum Gasteiger partial charge on any atom is -0.497 e. The van der Waals surface area contributed by atoms with E-state index in [4.69, 9.17) is 4.74 Å². The van der Waals surface area contributed by atoms with E-state index in [2.05, 4.69) is 34.5 Å². The van der Waals surface area contributed by atoms with E-state index in [1.165, 1.54) is 57.3 Å². The van der Waals surface area contributed by atoms with Crippen LogP contribution in [0.25, 0.3) is 0 Å². The molecular weight excluding hydrogens is 248 g/mol. The van der Waals surface area contributed by atoms with Crippen LogP contribution in [0.15, 0.2) is 24.3 Å². The maximum absolute atomic E-state index is 5.23. The number of ether oxygens (including phenoxy) is 1. The average Bonchev–Trinajstić information content (AvgIpc) is 2.83. The van der Waals surface area contributed by atoms with Crippen LogP contribution in [0.2, 0.25) is 0 Å². The molecule has 1 heterocycles. The van der Waals surface area contributed by atoms with Crippen molar-refractivity contribution < 1.29 is 4.74 Å². The number of nitrogens with one attached hydrogen (secondary N) is 1. The van der Waals surface area contributed by atoms with Gasteiger partial charge in [-0.25, -0.2) is 0 Å². The van der Waals surface area contributed by atoms with E-state index >= 15 is 0 Å². The number of hydrogen-bond donors (Lipinski definition) is 1. The third kappa shape index (κ3) is 3.15. The molecule has 2 aliphatic rings. The molecule has 0 unspecified atom stereocenters. The predicted octanol–water partition coefficient (Wildman–Crippen LogP) is 2.80. The average molecular weight is 274 g/mol. The van der Waals surface area contributed by atoms with Gasteiger partial charge in [-0.05, 0) is 50.0 Å². The van der Waals surface area contributed by atoms with Gasteiger partial charge in [0, 0.05) is 18.6 Å². The van der Waals surface area contributed by atoms with Gasteiger partial charge in [-0.15, -0.1) is 0 Å². The summed E-state index contributed by atoms with van der Waals surface area (Å²) in [7, 11) is 1.72. The minimum absolute atomic E-state index is 0.406. The molecule has 1 saturated carbocycles. The van der Waals surface area contributed by atoms with Gasteiger partial charge in [-0.2, -0.15) is 0 Å². The lowest BCUT2D eigenvalue weighted by atomic mass is 9.97. The second kappa shape index (κ2) is 6.15. The van der Waals surface area contributed by atoms with Crippen molar-refractivity contribution in [1.29, 1.82) is 0 Å². The van der Waals surface area contributed by atoms with Crippen molar-refractivity contribution >= 4 is 0 Å². The molecule has 1 N–H and O–H groups in total. The largest absolute Gasteiger partial charge is 0.497 e. The molecule has 1 saturated heterocycles. The molecule has 1 aromatic rings. The standard InChI is InChI=1S/C17H26N2O/c1-20-16-7-5-15(6-8-16)13-19-12-4-11-18-17(14-19)9-2-3-10-17/h5-8,18H,2-4,9-14H2,1H3. The Kier molecular flexibility index (Phi) is 4.27. The van der Waals surface area contributed by atoms with Crippen LogP contribution < -0.4 is 10.1 Å². The van der Waals surface area contributed by atoms with Crippen LogP contribution in [0.1, 0.15) is 37.7 Å². The van der Waals surface area contributed by atoms with Crippen molar-refractivity contribution in [3.05, 3.63) is 29.8 Å². The molecule has 0 radical (unpaired) electrons. The number of methoxy groups -OCH3 is 1. The summed E-state index contributed by atoms with van der Waals surface area (Å²) in [4.78, 5) is 2.63. The quantitative estimate of drug-likeness (QED) is 0.917. The van der Waals surface area contributed by atoms with E-state index in [9.17, 15) is 0 Å². The molecule has 1 aliphatic carbocycles. The van der Waals surface area contributed by atoms with Crippen LogP contribution in [0.5, 0.6) is 5.75 Å². The molecule has 3 nitrogen and oxygen atoms in total. The van der Waals surface area contributed by atoms with Gasteiger partial charge in [-0.1, -0.05) is 25.0 Å². The Morgan fingerprint density at radius 3 is 2.60 bits per heavy atom. The Morgan fingerprint density at radius 2 is 1.90 bits per heavy atom. The highest BCUT2D eigenvalue weighted by Crippen LogP contribution is 2.32. The fourth-order valence-electron chi connectivity index (χ4n) is 3.73. The molecule has 1 spiro atoms. The maximum atomic E-state index is 5.23. The molecule has 0 aromatic heterocycles. The molecule has 20 heavy (non-hydrogen) atoms. The van der Waals surface area contributed by atoms with Gasteiger partial charge in [-0.3, -0.25) is 4.90 Å². The van der Waals surface area contributed by atoms with Crippen molar-refractivity contribution in [1.82, 2.24) is 10.2 Å². The highest BCUT2D eigenvalue weighted by atomic mass is 16.5. The predicted molar refractivity (Wildman–Crippen MR) is 82.1 cm³/mol.